The Morgan fingerprint density at radius 1 is 1.39 bits per heavy atom. The van der Waals surface area contributed by atoms with E-state index in [4.69, 9.17) is 4.74 Å². The number of hydrogen-bond donors (Lipinski definition) is 0. The van der Waals surface area contributed by atoms with Crippen molar-refractivity contribution >= 4 is 35.7 Å². The van der Waals surface area contributed by atoms with Crippen molar-refractivity contribution in [2.45, 2.75) is 42.7 Å². The standard InChI is InChI=1S/C18H22N4O5S/c1-18(2)14(21-15(23)13(16(21)28-18)19-10-20(3)4)17(24)27-9-11-5-7-12(8-6-11)22(25)26/h5-8,10,13-14,16H,9H2,1-4H3/t13-,14?,16-/m1/s1. The molecule has 0 radical (unpaired) electrons. The Hall–Kier alpha value is -2.62. The lowest BCUT2D eigenvalue weighted by Gasteiger charge is -2.41. The highest BCUT2D eigenvalue weighted by atomic mass is 32.2. The van der Waals surface area contributed by atoms with Gasteiger partial charge in [0.2, 0.25) is 0 Å². The number of nitrogens with zero attached hydrogens (tertiary/aromatic N) is 4. The third kappa shape index (κ3) is 3.68. The van der Waals surface area contributed by atoms with Crippen LogP contribution in [0.25, 0.3) is 0 Å². The maximum Gasteiger partial charge on any atom is 0.330 e. The molecular weight excluding hydrogens is 384 g/mol. The minimum atomic E-state index is -0.696. The van der Waals surface area contributed by atoms with E-state index in [2.05, 4.69) is 4.99 Å². The summed E-state index contributed by atoms with van der Waals surface area (Å²) in [5.41, 5.74) is 0.615. The molecule has 0 aromatic heterocycles. The number of ether oxygens (including phenoxy) is 1. The van der Waals surface area contributed by atoms with Gasteiger partial charge in [0, 0.05) is 31.0 Å². The summed E-state index contributed by atoms with van der Waals surface area (Å²) in [5.74, 6) is -0.666. The van der Waals surface area contributed by atoms with Crippen LogP contribution in [0.4, 0.5) is 5.69 Å². The second-order valence-electron chi connectivity index (χ2n) is 7.46. The number of rotatable bonds is 6. The van der Waals surface area contributed by atoms with Crippen molar-refractivity contribution in [3.8, 4) is 0 Å². The molecule has 0 bridgehead atoms. The molecule has 1 amide bonds. The molecule has 3 atom stereocenters. The zero-order chi connectivity index (χ0) is 20.6. The lowest BCUT2D eigenvalue weighted by molar-refractivity contribution is -0.384. The molecule has 1 aromatic carbocycles. The summed E-state index contributed by atoms with van der Waals surface area (Å²) >= 11 is 1.54. The average Bonchev–Trinajstić information content (AvgIpc) is 2.87. The summed E-state index contributed by atoms with van der Waals surface area (Å²) in [6, 6.07) is 4.63. The Balaban J connectivity index is 1.66. The van der Waals surface area contributed by atoms with E-state index in [1.807, 2.05) is 27.9 Å². The lowest BCUT2D eigenvalue weighted by Crippen LogP contribution is -2.65. The lowest BCUT2D eigenvalue weighted by atomic mass is 9.96. The molecule has 0 spiro atoms. The molecule has 0 saturated carbocycles. The SMILES string of the molecule is CN(C)C=N[C@@H]1C(=O)N2C(C(=O)OCc3ccc([N+](=O)[O-])cc3)C(C)(C)S[C@H]12. The summed E-state index contributed by atoms with van der Waals surface area (Å²) in [6.45, 7) is 3.81. The van der Waals surface area contributed by atoms with E-state index in [9.17, 15) is 19.7 Å². The second kappa shape index (κ2) is 7.42. The van der Waals surface area contributed by atoms with Crippen LogP contribution in [0.2, 0.25) is 0 Å². The number of non-ortho nitro benzene ring substituents is 1. The van der Waals surface area contributed by atoms with Gasteiger partial charge >= 0.3 is 5.97 Å². The summed E-state index contributed by atoms with van der Waals surface area (Å²) in [7, 11) is 3.66. The first-order chi connectivity index (χ1) is 13.1. The van der Waals surface area contributed by atoms with Gasteiger partial charge in [0.05, 0.1) is 11.3 Å². The number of β-lactam (4-membered cyclic amide) rings is 1. The summed E-state index contributed by atoms with van der Waals surface area (Å²) in [6.07, 6.45) is 1.60. The van der Waals surface area contributed by atoms with Gasteiger partial charge in [-0.25, -0.2) is 4.79 Å². The zero-order valence-electron chi connectivity index (χ0n) is 16.1. The minimum Gasteiger partial charge on any atom is -0.459 e. The molecule has 2 aliphatic rings. The number of nitro groups is 1. The van der Waals surface area contributed by atoms with E-state index < -0.39 is 27.7 Å². The largest absolute Gasteiger partial charge is 0.459 e. The van der Waals surface area contributed by atoms with Gasteiger partial charge in [0.1, 0.15) is 18.0 Å². The van der Waals surface area contributed by atoms with E-state index in [1.54, 1.807) is 40.0 Å². The van der Waals surface area contributed by atoms with Crippen molar-refractivity contribution in [3.05, 3.63) is 39.9 Å². The number of amides is 1. The molecule has 0 aliphatic carbocycles. The maximum absolute atomic E-state index is 12.7. The number of nitro benzene ring substituents is 1. The van der Waals surface area contributed by atoms with Crippen LogP contribution in [-0.4, -0.2) is 69.2 Å². The number of aliphatic imine (C=N–C) groups is 1. The van der Waals surface area contributed by atoms with Gasteiger partial charge in [-0.3, -0.25) is 19.9 Å². The fourth-order valence-corrected chi connectivity index (χ4v) is 4.88. The number of hydrogen-bond acceptors (Lipinski definition) is 7. The third-order valence-corrected chi connectivity index (χ3v) is 6.18. The minimum absolute atomic E-state index is 0.0109. The van der Waals surface area contributed by atoms with Crippen LogP contribution >= 0.6 is 11.8 Å². The Morgan fingerprint density at radius 2 is 2.04 bits per heavy atom. The van der Waals surface area contributed by atoms with Crippen molar-refractivity contribution < 1.29 is 19.2 Å². The fourth-order valence-electron chi connectivity index (χ4n) is 3.26. The number of benzene rings is 1. The van der Waals surface area contributed by atoms with Crippen LogP contribution in [-0.2, 0) is 20.9 Å². The van der Waals surface area contributed by atoms with Crippen molar-refractivity contribution in [1.82, 2.24) is 9.80 Å². The number of fused-ring (bicyclic) bond motifs is 1. The van der Waals surface area contributed by atoms with Gasteiger partial charge in [0.25, 0.3) is 11.6 Å². The average molecular weight is 406 g/mol. The summed E-state index contributed by atoms with van der Waals surface area (Å²) in [4.78, 5) is 43.1. The third-order valence-electron chi connectivity index (χ3n) is 4.62. The normalized spacial score (nSPS) is 25.4. The van der Waals surface area contributed by atoms with Crippen LogP contribution in [0.5, 0.6) is 0 Å². The van der Waals surface area contributed by atoms with Gasteiger partial charge in [-0.2, -0.15) is 0 Å². The number of carbonyl (C=O) groups excluding carboxylic acids is 2. The molecule has 2 saturated heterocycles. The molecule has 1 unspecified atom stereocenters. The number of carbonyl (C=O) groups is 2. The molecule has 2 aliphatic heterocycles. The first kappa shape index (κ1) is 20.1. The van der Waals surface area contributed by atoms with Crippen molar-refractivity contribution in [2.75, 3.05) is 14.1 Å². The molecule has 3 rings (SSSR count). The molecule has 9 nitrogen and oxygen atoms in total. The van der Waals surface area contributed by atoms with E-state index in [1.165, 1.54) is 12.1 Å². The van der Waals surface area contributed by atoms with Gasteiger partial charge < -0.3 is 14.5 Å². The van der Waals surface area contributed by atoms with E-state index in [0.29, 0.717) is 5.56 Å². The zero-order valence-corrected chi connectivity index (χ0v) is 16.9. The van der Waals surface area contributed by atoms with Crippen molar-refractivity contribution in [3.63, 3.8) is 0 Å². The topological polar surface area (TPSA) is 105 Å². The number of thioether (sulfide) groups is 1. The van der Waals surface area contributed by atoms with Gasteiger partial charge in [-0.15, -0.1) is 11.8 Å². The summed E-state index contributed by atoms with van der Waals surface area (Å²) < 4.78 is 4.92. The van der Waals surface area contributed by atoms with Crippen molar-refractivity contribution in [2.24, 2.45) is 4.99 Å². The highest BCUT2D eigenvalue weighted by Gasteiger charge is 2.64. The summed E-state index contributed by atoms with van der Waals surface area (Å²) in [5, 5.41) is 10.5. The quantitative estimate of drug-likeness (QED) is 0.177. The predicted molar refractivity (Wildman–Crippen MR) is 105 cm³/mol. The van der Waals surface area contributed by atoms with E-state index >= 15 is 0 Å². The Morgan fingerprint density at radius 3 is 2.61 bits per heavy atom. The first-order valence-electron chi connectivity index (χ1n) is 8.71. The van der Waals surface area contributed by atoms with Gasteiger partial charge in [-0.05, 0) is 31.5 Å². The van der Waals surface area contributed by atoms with Crippen LogP contribution < -0.4 is 0 Å². The van der Waals surface area contributed by atoms with Crippen LogP contribution in [0.15, 0.2) is 29.3 Å². The van der Waals surface area contributed by atoms with Gasteiger partial charge in [-0.1, -0.05) is 0 Å². The second-order valence-corrected chi connectivity index (χ2v) is 9.24. The molecular formula is C18H22N4O5S. The Bertz CT molecular complexity index is 824. The number of esters is 1. The predicted octanol–water partition coefficient (Wildman–Crippen LogP) is 1.66. The van der Waals surface area contributed by atoms with Crippen molar-refractivity contribution in [1.29, 1.82) is 0 Å². The molecule has 10 heteroatoms. The molecule has 1 aromatic rings. The van der Waals surface area contributed by atoms with Crippen LogP contribution in [0.3, 0.4) is 0 Å². The smallest absolute Gasteiger partial charge is 0.330 e. The Kier molecular flexibility index (Phi) is 5.33. The molecule has 2 heterocycles. The molecule has 0 N–H and O–H groups in total. The molecule has 2 fully saturated rings. The first-order valence-corrected chi connectivity index (χ1v) is 9.59. The monoisotopic (exact) mass is 406 g/mol. The van der Waals surface area contributed by atoms with Gasteiger partial charge in [0.15, 0.2) is 6.04 Å². The maximum atomic E-state index is 12.7. The van der Waals surface area contributed by atoms with E-state index in [-0.39, 0.29) is 23.6 Å². The van der Waals surface area contributed by atoms with E-state index in [0.717, 1.165) is 0 Å². The van der Waals surface area contributed by atoms with Crippen LogP contribution in [0.1, 0.15) is 19.4 Å². The fraction of sp³-hybridized carbons (Fsp3) is 0.500. The van der Waals surface area contributed by atoms with Crippen LogP contribution in [0, 0.1) is 10.1 Å². The Labute approximate surface area is 166 Å². The molecule has 28 heavy (non-hydrogen) atoms. The highest BCUT2D eigenvalue weighted by molar-refractivity contribution is 8.01. The highest BCUT2D eigenvalue weighted by Crippen LogP contribution is 2.51. The molecule has 150 valence electrons.